The van der Waals surface area contributed by atoms with Gasteiger partial charge in [-0.05, 0) is 6.42 Å². The number of rotatable bonds is 6. The van der Waals surface area contributed by atoms with E-state index >= 15 is 0 Å². The van der Waals surface area contributed by atoms with E-state index in [4.69, 9.17) is 23.7 Å². The molecule has 182 valence electrons. The topological polar surface area (TPSA) is 149 Å². The number of carbonyl (C=O) groups excluding carboxylic acids is 6. The Morgan fingerprint density at radius 3 is 1.74 bits per heavy atom. The van der Waals surface area contributed by atoms with Gasteiger partial charge in [-0.1, -0.05) is 24.3 Å². The van der Waals surface area contributed by atoms with Crippen molar-refractivity contribution >= 4 is 35.4 Å². The highest BCUT2D eigenvalue weighted by molar-refractivity contribution is 6.26. The Morgan fingerprint density at radius 2 is 1.26 bits per heavy atom. The second kappa shape index (κ2) is 10.1. The third kappa shape index (κ3) is 4.98. The normalized spacial score (nSPS) is 26.4. The molecule has 0 spiro atoms. The number of ketones is 2. The van der Waals surface area contributed by atoms with Crippen molar-refractivity contribution in [2.24, 2.45) is 5.92 Å². The molecule has 11 heteroatoms. The molecule has 0 aromatic heterocycles. The molecule has 0 bridgehead atoms. The van der Waals surface area contributed by atoms with Crippen LogP contribution < -0.4 is 0 Å². The van der Waals surface area contributed by atoms with Crippen LogP contribution in [-0.4, -0.2) is 73.1 Å². The summed E-state index contributed by atoms with van der Waals surface area (Å²) in [4.78, 5) is 73.8. The minimum Gasteiger partial charge on any atom is -0.467 e. The molecule has 1 fully saturated rings. The van der Waals surface area contributed by atoms with Crippen molar-refractivity contribution in [3.05, 3.63) is 35.4 Å². The second-order valence-corrected chi connectivity index (χ2v) is 7.90. The lowest BCUT2D eigenvalue weighted by Crippen LogP contribution is -2.63. The fraction of sp³-hybridized carbons (Fsp3) is 0.478. The van der Waals surface area contributed by atoms with Crippen molar-refractivity contribution in [1.82, 2.24) is 0 Å². The molecular formula is C23H24O11. The number of carbonyl (C=O) groups is 6. The van der Waals surface area contributed by atoms with E-state index in [0.717, 1.165) is 27.9 Å². The van der Waals surface area contributed by atoms with Gasteiger partial charge in [0.15, 0.2) is 36.0 Å². The first-order valence-corrected chi connectivity index (χ1v) is 10.5. The van der Waals surface area contributed by atoms with Crippen LogP contribution in [0.1, 0.15) is 47.9 Å². The Morgan fingerprint density at radius 1 is 0.794 bits per heavy atom. The van der Waals surface area contributed by atoms with E-state index in [2.05, 4.69) is 0 Å². The van der Waals surface area contributed by atoms with E-state index in [-0.39, 0.29) is 17.5 Å². The zero-order valence-electron chi connectivity index (χ0n) is 19.0. The van der Waals surface area contributed by atoms with Crippen LogP contribution in [-0.2, 0) is 42.9 Å². The molecule has 1 aromatic rings. The van der Waals surface area contributed by atoms with Crippen LogP contribution >= 0.6 is 0 Å². The maximum absolute atomic E-state index is 12.9. The fourth-order valence-corrected chi connectivity index (χ4v) is 4.24. The number of hydrogen-bond acceptors (Lipinski definition) is 11. The molecule has 1 aliphatic carbocycles. The highest BCUT2D eigenvalue weighted by atomic mass is 16.7. The SMILES string of the molecule is COC(=O)C1O[C@@H](CC2C(=O)c3ccccc3C2=O)[C@H](OC(C)=O)[C@@H](OC(C)=O)[C@@H]1OC(C)=O. The monoisotopic (exact) mass is 476 g/mol. The molecule has 5 atom stereocenters. The summed E-state index contributed by atoms with van der Waals surface area (Å²) in [7, 11) is 1.07. The molecule has 0 saturated carbocycles. The lowest BCUT2D eigenvalue weighted by molar-refractivity contribution is -0.249. The van der Waals surface area contributed by atoms with Gasteiger partial charge in [0.1, 0.15) is 6.10 Å². The first-order chi connectivity index (χ1) is 16.0. The molecule has 0 N–H and O–H groups in total. The van der Waals surface area contributed by atoms with Crippen LogP contribution in [0.5, 0.6) is 0 Å². The second-order valence-electron chi connectivity index (χ2n) is 7.90. The van der Waals surface area contributed by atoms with E-state index in [1.165, 1.54) is 12.1 Å². The molecule has 1 heterocycles. The number of ether oxygens (including phenoxy) is 5. The van der Waals surface area contributed by atoms with E-state index in [1.54, 1.807) is 12.1 Å². The molecule has 1 saturated heterocycles. The molecule has 11 nitrogen and oxygen atoms in total. The molecule has 0 amide bonds. The van der Waals surface area contributed by atoms with Crippen LogP contribution in [0.25, 0.3) is 0 Å². The minimum absolute atomic E-state index is 0.246. The largest absolute Gasteiger partial charge is 0.467 e. The van der Waals surface area contributed by atoms with E-state index in [9.17, 15) is 28.8 Å². The standard InChI is InChI=1S/C23H24O11/c1-10(24)31-19-16(9-15-17(27)13-7-5-6-8-14(13)18(15)28)34-22(23(29)30-4)21(33-12(3)26)20(19)32-11(2)25/h5-8,15-16,19-22H,9H2,1-4H3/t16-,19-,20+,21-,22?/m0/s1. The van der Waals surface area contributed by atoms with E-state index in [0.29, 0.717) is 0 Å². The zero-order valence-corrected chi connectivity index (χ0v) is 19.0. The summed E-state index contributed by atoms with van der Waals surface area (Å²) < 4.78 is 26.4. The van der Waals surface area contributed by atoms with E-state index < -0.39 is 71.9 Å². The third-order valence-corrected chi connectivity index (χ3v) is 5.53. The van der Waals surface area contributed by atoms with Crippen LogP contribution in [0, 0.1) is 5.92 Å². The Kier molecular flexibility index (Phi) is 7.45. The van der Waals surface area contributed by atoms with Gasteiger partial charge in [0.25, 0.3) is 0 Å². The van der Waals surface area contributed by atoms with Gasteiger partial charge in [-0.2, -0.15) is 0 Å². The summed E-state index contributed by atoms with van der Waals surface area (Å²) in [5.74, 6) is -5.47. The number of Topliss-reactive ketones (excluding diaryl/α,β-unsaturated/α-hetero) is 2. The van der Waals surface area contributed by atoms with Crippen LogP contribution in [0.4, 0.5) is 0 Å². The maximum Gasteiger partial charge on any atom is 0.339 e. The summed E-state index contributed by atoms with van der Waals surface area (Å²) in [6.07, 6.45) is -7.50. The first kappa shape index (κ1) is 25.0. The summed E-state index contributed by atoms with van der Waals surface area (Å²) in [6, 6.07) is 6.30. The Labute approximate surface area is 194 Å². The van der Waals surface area contributed by atoms with Crippen LogP contribution in [0.3, 0.4) is 0 Å². The number of methoxy groups -OCH3 is 1. The molecule has 1 aliphatic heterocycles. The lowest BCUT2D eigenvalue weighted by atomic mass is 9.87. The van der Waals surface area contributed by atoms with E-state index in [1.807, 2.05) is 0 Å². The zero-order chi connectivity index (χ0) is 25.2. The minimum atomic E-state index is -1.58. The van der Waals surface area contributed by atoms with Gasteiger partial charge in [-0.15, -0.1) is 0 Å². The number of benzene rings is 1. The summed E-state index contributed by atoms with van der Waals surface area (Å²) in [5, 5.41) is 0. The van der Waals surface area contributed by atoms with Gasteiger partial charge in [0.2, 0.25) is 0 Å². The molecular weight excluding hydrogens is 452 g/mol. The van der Waals surface area contributed by atoms with Crippen molar-refractivity contribution < 1.29 is 52.5 Å². The summed E-state index contributed by atoms with van der Waals surface area (Å²) >= 11 is 0. The lowest BCUT2D eigenvalue weighted by Gasteiger charge is -2.44. The quantitative estimate of drug-likeness (QED) is 0.326. The maximum atomic E-state index is 12.9. The predicted molar refractivity (Wildman–Crippen MR) is 111 cm³/mol. The molecule has 2 aliphatic rings. The molecule has 34 heavy (non-hydrogen) atoms. The number of fused-ring (bicyclic) bond motifs is 1. The molecule has 1 unspecified atom stereocenters. The fourth-order valence-electron chi connectivity index (χ4n) is 4.24. The third-order valence-electron chi connectivity index (χ3n) is 5.53. The van der Waals surface area contributed by atoms with Crippen molar-refractivity contribution in [1.29, 1.82) is 0 Å². The summed E-state index contributed by atoms with van der Waals surface area (Å²) in [6.45, 7) is 3.24. The smallest absolute Gasteiger partial charge is 0.339 e. The van der Waals surface area contributed by atoms with Crippen molar-refractivity contribution in [3.63, 3.8) is 0 Å². The van der Waals surface area contributed by atoms with Gasteiger partial charge in [-0.3, -0.25) is 24.0 Å². The molecule has 1 aromatic carbocycles. The van der Waals surface area contributed by atoms with Gasteiger partial charge in [0.05, 0.1) is 13.0 Å². The highest BCUT2D eigenvalue weighted by Crippen LogP contribution is 2.36. The highest BCUT2D eigenvalue weighted by Gasteiger charge is 2.56. The van der Waals surface area contributed by atoms with Gasteiger partial charge < -0.3 is 23.7 Å². The first-order valence-electron chi connectivity index (χ1n) is 10.5. The van der Waals surface area contributed by atoms with Crippen molar-refractivity contribution in [2.45, 2.75) is 57.7 Å². The van der Waals surface area contributed by atoms with Crippen LogP contribution in [0.15, 0.2) is 24.3 Å². The Hall–Kier alpha value is -3.60. The van der Waals surface area contributed by atoms with Crippen LogP contribution in [0.2, 0.25) is 0 Å². The number of esters is 4. The average Bonchev–Trinajstić information content (AvgIpc) is 3.01. The predicted octanol–water partition coefficient (Wildman–Crippen LogP) is 0.807. The van der Waals surface area contributed by atoms with Gasteiger partial charge >= 0.3 is 23.9 Å². The molecule has 3 rings (SSSR count). The Bertz CT molecular complexity index is 994. The number of hydrogen-bond donors (Lipinski definition) is 0. The van der Waals surface area contributed by atoms with Crippen molar-refractivity contribution in [2.75, 3.05) is 7.11 Å². The Balaban J connectivity index is 2.01. The van der Waals surface area contributed by atoms with Crippen molar-refractivity contribution in [3.8, 4) is 0 Å². The van der Waals surface area contributed by atoms with Gasteiger partial charge in [-0.25, -0.2) is 4.79 Å². The van der Waals surface area contributed by atoms with Gasteiger partial charge in [0, 0.05) is 31.9 Å². The average molecular weight is 476 g/mol. The molecule has 0 radical (unpaired) electrons. The summed E-state index contributed by atoms with van der Waals surface area (Å²) in [5.41, 5.74) is 0.493.